The lowest BCUT2D eigenvalue weighted by Gasteiger charge is -2.22. The summed E-state index contributed by atoms with van der Waals surface area (Å²) in [5.74, 6) is 6.22. The van der Waals surface area contributed by atoms with Gasteiger partial charge < -0.3 is 24.1 Å². The zero-order chi connectivity index (χ0) is 46.9. The SMILES string of the molecule is CC(C)(C)OC(=O)Nc1ncc(-c2ccccc2C#Cc2ccccc2CO)n1C(=O)OC(C)(C)C.CC(C)(C)OC(=O)Nc1ncc(-c2ccccc2I)n1C(=O)OC(C)(C)C. The highest BCUT2D eigenvalue weighted by atomic mass is 127. The van der Waals surface area contributed by atoms with Crippen LogP contribution in [0, 0.1) is 15.4 Å². The molecule has 0 aliphatic heterocycles. The van der Waals surface area contributed by atoms with Gasteiger partial charge in [0.05, 0.1) is 30.4 Å². The second-order valence-electron chi connectivity index (χ2n) is 17.9. The van der Waals surface area contributed by atoms with Crippen molar-refractivity contribution < 1.29 is 43.2 Å². The van der Waals surface area contributed by atoms with Crippen molar-refractivity contribution in [2.24, 2.45) is 0 Å². The molecule has 0 radical (unpaired) electrons. The van der Waals surface area contributed by atoms with Crippen LogP contribution in [0.2, 0.25) is 0 Å². The summed E-state index contributed by atoms with van der Waals surface area (Å²) >= 11 is 2.18. The summed E-state index contributed by atoms with van der Waals surface area (Å²) in [5.41, 5.74) is 1.45. The molecule has 3 N–H and O–H groups in total. The molecule has 0 spiro atoms. The number of aromatic nitrogens is 4. The molecule has 2 heterocycles. The fourth-order valence-electron chi connectivity index (χ4n) is 5.43. The van der Waals surface area contributed by atoms with Gasteiger partial charge in [-0.3, -0.25) is 10.6 Å². The first-order valence-electron chi connectivity index (χ1n) is 19.9. The number of carbonyl (C=O) groups is 4. The Labute approximate surface area is 382 Å². The standard InChI is InChI=1S/C28H31N3O5.C19H24IN3O4/c1-27(2,3)35-25(33)30-24-29-17-23(31(24)26(34)36-28(4,5)6)22-14-10-9-12-20(22)16-15-19-11-7-8-13-21(19)18-32;1-18(2,3)26-16(24)22-15-21-11-14(12-9-7-8-10-13(12)20)23(15)17(25)27-19(4,5)6/h7-14,17,32H,18H2,1-6H3,(H,29,30,33);7-11H,1-6H3,(H,21,22,24). The number of anilines is 2. The lowest BCUT2D eigenvalue weighted by Crippen LogP contribution is -2.31. The molecule has 0 aliphatic rings. The van der Waals surface area contributed by atoms with Crippen LogP contribution in [0.15, 0.2) is 85.2 Å². The number of halogens is 1. The number of amides is 2. The number of benzene rings is 3. The van der Waals surface area contributed by atoms with Gasteiger partial charge in [-0.15, -0.1) is 0 Å². The lowest BCUT2D eigenvalue weighted by molar-refractivity contribution is 0.0526. The summed E-state index contributed by atoms with van der Waals surface area (Å²) < 4.78 is 25.0. The van der Waals surface area contributed by atoms with Crippen molar-refractivity contribution in [2.75, 3.05) is 10.6 Å². The number of carbonyl (C=O) groups excluding carboxylic acids is 4. The highest BCUT2D eigenvalue weighted by molar-refractivity contribution is 14.1. The van der Waals surface area contributed by atoms with E-state index in [2.05, 4.69) is 55.0 Å². The third kappa shape index (κ3) is 15.0. The van der Waals surface area contributed by atoms with E-state index in [1.54, 1.807) is 89.2 Å². The van der Waals surface area contributed by atoms with Crippen molar-refractivity contribution in [3.05, 3.63) is 105 Å². The number of nitrogens with zero attached hydrogens (tertiary/aromatic N) is 4. The average molecular weight is 975 g/mol. The highest BCUT2D eigenvalue weighted by Crippen LogP contribution is 2.30. The van der Waals surface area contributed by atoms with Crippen LogP contribution in [0.5, 0.6) is 0 Å². The molecule has 15 nitrogen and oxygen atoms in total. The normalized spacial score (nSPS) is 11.5. The molecule has 0 unspecified atom stereocenters. The second kappa shape index (κ2) is 20.3. The largest absolute Gasteiger partial charge is 0.444 e. The molecule has 0 atom stereocenters. The number of ether oxygens (including phenoxy) is 4. The van der Waals surface area contributed by atoms with Crippen LogP contribution < -0.4 is 10.6 Å². The zero-order valence-corrected chi connectivity index (χ0v) is 39.8. The molecule has 3 aromatic carbocycles. The van der Waals surface area contributed by atoms with E-state index in [9.17, 15) is 24.3 Å². The van der Waals surface area contributed by atoms with E-state index in [0.29, 0.717) is 33.6 Å². The van der Waals surface area contributed by atoms with Crippen molar-refractivity contribution >= 4 is 58.9 Å². The minimum absolute atomic E-state index is 0.0353. The van der Waals surface area contributed by atoms with Crippen molar-refractivity contribution in [3.63, 3.8) is 0 Å². The molecule has 16 heteroatoms. The van der Waals surface area contributed by atoms with E-state index < -0.39 is 46.8 Å². The van der Waals surface area contributed by atoms with Gasteiger partial charge in [0.15, 0.2) is 0 Å². The number of nitrogens with one attached hydrogen (secondary N) is 2. The van der Waals surface area contributed by atoms with Crippen LogP contribution in [0.25, 0.3) is 22.5 Å². The van der Waals surface area contributed by atoms with E-state index in [1.807, 2.05) is 66.7 Å². The molecule has 0 fully saturated rings. The Morgan fingerprint density at radius 2 is 0.952 bits per heavy atom. The average Bonchev–Trinajstić information content (AvgIpc) is 3.76. The zero-order valence-electron chi connectivity index (χ0n) is 37.7. The first-order valence-corrected chi connectivity index (χ1v) is 21.0. The van der Waals surface area contributed by atoms with Crippen LogP contribution in [0.4, 0.5) is 31.1 Å². The van der Waals surface area contributed by atoms with Crippen LogP contribution in [0.1, 0.15) is 99.8 Å². The van der Waals surface area contributed by atoms with Crippen molar-refractivity contribution in [3.8, 4) is 34.4 Å². The molecular weight excluding hydrogens is 919 g/mol. The molecule has 0 saturated carbocycles. The Morgan fingerprint density at radius 1 is 0.571 bits per heavy atom. The quantitative estimate of drug-likeness (QED) is 0.0865. The smallest absolute Gasteiger partial charge is 0.421 e. The molecular formula is C47H55IN6O9. The molecule has 0 saturated heterocycles. The summed E-state index contributed by atoms with van der Waals surface area (Å²) in [4.78, 5) is 59.1. The van der Waals surface area contributed by atoms with Crippen molar-refractivity contribution in [1.29, 1.82) is 0 Å². The maximum Gasteiger partial charge on any atom is 0.421 e. The predicted molar refractivity (Wildman–Crippen MR) is 249 cm³/mol. The Kier molecular flexibility index (Phi) is 16.0. The Morgan fingerprint density at radius 3 is 1.40 bits per heavy atom. The fourth-order valence-corrected chi connectivity index (χ4v) is 6.10. The van der Waals surface area contributed by atoms with Gasteiger partial charge in [-0.25, -0.2) is 38.3 Å². The fraction of sp³-hybridized carbons (Fsp3) is 0.362. The van der Waals surface area contributed by atoms with E-state index in [-0.39, 0.29) is 18.5 Å². The number of aliphatic hydroxyl groups is 1. The second-order valence-corrected chi connectivity index (χ2v) is 19.1. The van der Waals surface area contributed by atoms with Crippen molar-refractivity contribution in [2.45, 2.75) is 112 Å². The molecule has 63 heavy (non-hydrogen) atoms. The van der Waals surface area contributed by atoms with Gasteiger partial charge in [-0.05, 0) is 129 Å². The number of rotatable bonds is 5. The van der Waals surface area contributed by atoms with Crippen LogP contribution in [0.3, 0.4) is 0 Å². The summed E-state index contributed by atoms with van der Waals surface area (Å²) in [6, 6.07) is 22.1. The molecule has 334 valence electrons. The third-order valence-electron chi connectivity index (χ3n) is 7.77. The van der Waals surface area contributed by atoms with E-state index in [1.165, 1.54) is 21.5 Å². The summed E-state index contributed by atoms with van der Waals surface area (Å²) in [6.07, 6.45) is 0.188. The molecule has 0 bridgehead atoms. The highest BCUT2D eigenvalue weighted by Gasteiger charge is 2.29. The number of imidazole rings is 2. The van der Waals surface area contributed by atoms with Crippen LogP contribution in [-0.2, 0) is 25.6 Å². The van der Waals surface area contributed by atoms with E-state index >= 15 is 0 Å². The molecule has 0 aliphatic carbocycles. The monoisotopic (exact) mass is 974 g/mol. The number of hydrogen-bond acceptors (Lipinski definition) is 11. The van der Waals surface area contributed by atoms with Crippen LogP contribution in [-0.4, -0.2) is 71.0 Å². The maximum atomic E-state index is 13.2. The van der Waals surface area contributed by atoms with E-state index in [4.69, 9.17) is 18.9 Å². The minimum Gasteiger partial charge on any atom is -0.444 e. The number of hydrogen-bond donors (Lipinski definition) is 3. The summed E-state index contributed by atoms with van der Waals surface area (Å²) in [7, 11) is 0. The van der Waals surface area contributed by atoms with Gasteiger partial charge in [-0.1, -0.05) is 66.4 Å². The first-order chi connectivity index (χ1) is 29.2. The molecule has 2 aromatic heterocycles. The number of aliphatic hydroxyl groups excluding tert-OH is 1. The summed E-state index contributed by atoms with van der Waals surface area (Å²) in [6.45, 7) is 20.9. The van der Waals surface area contributed by atoms with Gasteiger partial charge in [-0.2, -0.15) is 0 Å². The topological polar surface area (TPSA) is 185 Å². The van der Waals surface area contributed by atoms with Gasteiger partial charge in [0.2, 0.25) is 11.9 Å². The van der Waals surface area contributed by atoms with Gasteiger partial charge in [0.25, 0.3) is 0 Å². The Hall–Kier alpha value is -6.19. The third-order valence-corrected chi connectivity index (χ3v) is 8.71. The van der Waals surface area contributed by atoms with Gasteiger partial charge in [0.1, 0.15) is 22.4 Å². The molecule has 5 aromatic rings. The lowest BCUT2D eigenvalue weighted by atomic mass is 10.0. The molecule has 2 amide bonds. The van der Waals surface area contributed by atoms with E-state index in [0.717, 1.165) is 9.13 Å². The Balaban J connectivity index is 0.000000288. The van der Waals surface area contributed by atoms with Crippen LogP contribution >= 0.6 is 22.6 Å². The van der Waals surface area contributed by atoms with Gasteiger partial charge in [0, 0.05) is 25.8 Å². The Bertz CT molecular complexity index is 2500. The summed E-state index contributed by atoms with van der Waals surface area (Å²) in [5, 5.41) is 14.7. The minimum atomic E-state index is -0.783. The maximum absolute atomic E-state index is 13.2. The molecule has 5 rings (SSSR count). The first kappa shape index (κ1) is 49.5. The van der Waals surface area contributed by atoms with Gasteiger partial charge >= 0.3 is 24.4 Å². The predicted octanol–water partition coefficient (Wildman–Crippen LogP) is 10.9. The van der Waals surface area contributed by atoms with Crippen molar-refractivity contribution in [1.82, 2.24) is 19.1 Å².